The fraction of sp³-hybridized carbons (Fsp3) is 0.869. The number of aliphatic carboxylic acids is 1. The number of methoxy groups -OCH3 is 2. The minimum Gasteiger partial charge on any atom is -0.481 e. The second-order valence-corrected chi connectivity index (χ2v) is 26.3. The maximum Gasteiger partial charge on any atom is 0.330 e. The van der Waals surface area contributed by atoms with E-state index in [0.29, 0.717) is 38.5 Å². The first-order valence-corrected chi connectivity index (χ1v) is 32.4. The fourth-order valence-corrected chi connectivity index (χ4v) is 14.3. The summed E-state index contributed by atoms with van der Waals surface area (Å²) in [5.41, 5.74) is 0. The van der Waals surface area contributed by atoms with Crippen LogP contribution >= 0.6 is 0 Å². The standard InChI is InChI=1S/C61H94O34/c1-82-35-13-25(14-36(83-2)46(35)73)6-12-43(70)94-56-45(72)32(66)21-86-60(56)95-57-52(79)49(76)40(22-84-42(69)11-5-24-3-8-28(9-4-24)87-58-53(80)50(77)47(74)38(20-62)91-58)93-61(57)90-37-18-29-33(88-55(37)26-7-10-30(64)31(65)15-26)16-27(63)17-34(29)89-59-54(81)51(78)48(75)39(92-59)23-85-44(71)19-41(67)68/h5-6,11-12,24-40,45-66,72-81H,3-4,7-10,13-23H2,1-2H3,(H,67,68). The Labute approximate surface area is 545 Å². The van der Waals surface area contributed by atoms with Crippen molar-refractivity contribution < 1.29 is 167 Å². The van der Waals surface area contributed by atoms with Gasteiger partial charge in [0.15, 0.2) is 31.3 Å². The maximum absolute atomic E-state index is 13.7. The monoisotopic (exact) mass is 1370 g/mol. The van der Waals surface area contributed by atoms with E-state index in [9.17, 15) is 95.8 Å². The van der Waals surface area contributed by atoms with E-state index in [0.717, 1.165) is 12.2 Å². The molecule has 30 atom stereocenters. The number of allylic oxidation sites excluding steroid dienone is 2. The van der Waals surface area contributed by atoms with Gasteiger partial charge in [-0.2, -0.15) is 0 Å². The number of carboxylic acid groups (broad SMARTS) is 1. The number of carbonyl (C=O) groups excluding carboxylic acids is 3. The third-order valence-electron chi connectivity index (χ3n) is 19.8. The second kappa shape index (κ2) is 34.1. The molecule has 0 bridgehead atoms. The van der Waals surface area contributed by atoms with Crippen LogP contribution in [0.15, 0.2) is 24.3 Å². The normalized spacial score (nSPS) is 46.8. The Balaban J connectivity index is 0.949. The van der Waals surface area contributed by atoms with Gasteiger partial charge < -0.3 is 148 Å². The Morgan fingerprint density at radius 2 is 1.06 bits per heavy atom. The average Bonchev–Trinajstić information content (AvgIpc) is 0.766. The highest BCUT2D eigenvalue weighted by Gasteiger charge is 2.57. The van der Waals surface area contributed by atoms with Crippen molar-refractivity contribution in [3.05, 3.63) is 24.3 Å². The van der Waals surface area contributed by atoms with Gasteiger partial charge in [-0.15, -0.1) is 0 Å². The van der Waals surface area contributed by atoms with Crippen LogP contribution in [0.5, 0.6) is 0 Å². The smallest absolute Gasteiger partial charge is 0.330 e. The number of fused-ring (bicyclic) bond motifs is 1. The molecule has 5 aliphatic heterocycles. The third kappa shape index (κ3) is 18.7. The second-order valence-electron chi connectivity index (χ2n) is 26.3. The van der Waals surface area contributed by atoms with E-state index in [1.165, 1.54) is 20.3 Å². The highest BCUT2D eigenvalue weighted by Crippen LogP contribution is 2.46. The highest BCUT2D eigenvalue weighted by atomic mass is 16.8. The van der Waals surface area contributed by atoms with E-state index in [2.05, 4.69) is 0 Å². The van der Waals surface area contributed by atoms with E-state index in [1.54, 1.807) is 6.08 Å². The van der Waals surface area contributed by atoms with E-state index >= 15 is 0 Å². The molecule has 0 aromatic heterocycles. The summed E-state index contributed by atoms with van der Waals surface area (Å²) in [6.07, 6.45) is -36.9. The molecule has 0 aromatic rings. The van der Waals surface area contributed by atoms with Crippen molar-refractivity contribution in [3.8, 4) is 0 Å². The predicted molar refractivity (Wildman–Crippen MR) is 308 cm³/mol. The minimum absolute atomic E-state index is 0.00345. The van der Waals surface area contributed by atoms with Gasteiger partial charge in [-0.05, 0) is 88.4 Å². The molecular formula is C61H94O34. The van der Waals surface area contributed by atoms with Crippen molar-refractivity contribution in [2.75, 3.05) is 40.6 Å². The van der Waals surface area contributed by atoms with Crippen LogP contribution in [0.1, 0.15) is 83.5 Å². The topological polar surface area (TPSA) is 521 Å². The summed E-state index contributed by atoms with van der Waals surface area (Å²) >= 11 is 0. The van der Waals surface area contributed by atoms with Crippen LogP contribution in [-0.4, -0.2) is 330 Å². The Bertz CT molecular complexity index is 2510. The van der Waals surface area contributed by atoms with E-state index < -0.39 is 252 Å². The van der Waals surface area contributed by atoms with Crippen LogP contribution in [0.4, 0.5) is 0 Å². The molecule has 4 aliphatic carbocycles. The molecule has 9 aliphatic rings. The fourth-order valence-electron chi connectivity index (χ4n) is 14.3. The number of esters is 3. The molecule has 16 N–H and O–H groups in total. The van der Waals surface area contributed by atoms with Crippen LogP contribution in [0, 0.1) is 23.7 Å². The largest absolute Gasteiger partial charge is 0.481 e. The minimum atomic E-state index is -2.08. The van der Waals surface area contributed by atoms with Crippen molar-refractivity contribution >= 4 is 23.9 Å². The van der Waals surface area contributed by atoms with Crippen molar-refractivity contribution in [1.82, 2.24) is 0 Å². The van der Waals surface area contributed by atoms with Gasteiger partial charge in [0.1, 0.15) is 111 Å². The molecule has 95 heavy (non-hydrogen) atoms. The summed E-state index contributed by atoms with van der Waals surface area (Å²) in [4.78, 5) is 50.4. The van der Waals surface area contributed by atoms with Crippen LogP contribution in [0.2, 0.25) is 0 Å². The zero-order chi connectivity index (χ0) is 68.7. The Kier molecular flexibility index (Phi) is 27.1. The number of aliphatic hydroxyl groups is 15. The Morgan fingerprint density at radius 1 is 0.474 bits per heavy atom. The summed E-state index contributed by atoms with van der Waals surface area (Å²) in [5.74, 6) is -6.65. The molecule has 0 amide bonds. The first kappa shape index (κ1) is 75.5. The molecule has 34 nitrogen and oxygen atoms in total. The molecule has 0 spiro atoms. The number of carbonyl (C=O) groups is 4. The lowest BCUT2D eigenvalue weighted by molar-refractivity contribution is -0.373. The third-order valence-corrected chi connectivity index (χ3v) is 19.8. The van der Waals surface area contributed by atoms with E-state index in [-0.39, 0.29) is 50.4 Å². The zero-order valence-electron chi connectivity index (χ0n) is 52.5. The van der Waals surface area contributed by atoms with Gasteiger partial charge in [-0.3, -0.25) is 9.59 Å². The first-order chi connectivity index (χ1) is 45.2. The Morgan fingerprint density at radius 3 is 1.71 bits per heavy atom. The first-order valence-electron chi connectivity index (χ1n) is 32.4. The lowest BCUT2D eigenvalue weighted by Gasteiger charge is -2.53. The molecule has 0 radical (unpaired) electrons. The van der Waals surface area contributed by atoms with Gasteiger partial charge in [0.25, 0.3) is 0 Å². The van der Waals surface area contributed by atoms with E-state index in [4.69, 9.17) is 71.4 Å². The number of carboxylic acids is 1. The van der Waals surface area contributed by atoms with Gasteiger partial charge >= 0.3 is 23.9 Å². The van der Waals surface area contributed by atoms with Crippen molar-refractivity contribution in [2.45, 2.75) is 267 Å². The molecular weight excluding hydrogens is 1280 g/mol. The Hall–Kier alpha value is -3.68. The van der Waals surface area contributed by atoms with Crippen LogP contribution < -0.4 is 0 Å². The summed E-state index contributed by atoms with van der Waals surface area (Å²) in [6, 6.07) is 0. The lowest BCUT2D eigenvalue weighted by Crippen LogP contribution is -2.65. The molecule has 542 valence electrons. The molecule has 5 heterocycles. The van der Waals surface area contributed by atoms with Gasteiger partial charge in [0, 0.05) is 38.7 Å². The van der Waals surface area contributed by atoms with Crippen LogP contribution in [0.25, 0.3) is 0 Å². The van der Waals surface area contributed by atoms with Gasteiger partial charge in [-0.25, -0.2) is 9.59 Å². The number of rotatable bonds is 23. The number of aliphatic hydroxyl groups excluding tert-OH is 15. The van der Waals surface area contributed by atoms with E-state index in [1.807, 2.05) is 0 Å². The number of hydrogen-bond donors (Lipinski definition) is 16. The molecule has 9 rings (SSSR count). The summed E-state index contributed by atoms with van der Waals surface area (Å²) < 4.78 is 83.0. The predicted octanol–water partition coefficient (Wildman–Crippen LogP) is -6.31. The van der Waals surface area contributed by atoms with Crippen molar-refractivity contribution in [2.24, 2.45) is 23.7 Å². The molecule has 5 saturated heterocycles. The van der Waals surface area contributed by atoms with Gasteiger partial charge in [0.05, 0.1) is 74.3 Å². The van der Waals surface area contributed by atoms with Crippen LogP contribution in [-0.2, 0) is 85.5 Å². The molecule has 9 fully saturated rings. The maximum atomic E-state index is 13.7. The highest BCUT2D eigenvalue weighted by molar-refractivity contribution is 5.90. The number of ether oxygens (including phenoxy) is 14. The summed E-state index contributed by atoms with van der Waals surface area (Å²) in [7, 11) is 2.83. The van der Waals surface area contributed by atoms with Crippen molar-refractivity contribution in [3.63, 3.8) is 0 Å². The van der Waals surface area contributed by atoms with Crippen LogP contribution in [0.3, 0.4) is 0 Å². The molecule has 34 heteroatoms. The quantitative estimate of drug-likeness (QED) is 0.0196. The number of hydrogen-bond acceptors (Lipinski definition) is 33. The SMILES string of the molecule is COC1CC(C=CC(=O)OC2C(OC3C(OC4CC5C(OC6OC(COC(=O)CC(=O)O)C(O)C(O)C6O)CC(O)CC5OC4C4CCC(O)C(O)C4)OC(COC(=O)C=CC4CCC(OC5OC(CO)C(O)C(O)C5O)CC4)C(O)C3O)OCC(O)C2O)CC(OC)C1O. The average molecular weight is 1370 g/mol. The lowest BCUT2D eigenvalue weighted by atomic mass is 9.72. The van der Waals surface area contributed by atoms with Gasteiger partial charge in [0.2, 0.25) is 0 Å². The summed E-state index contributed by atoms with van der Waals surface area (Å²) in [6.45, 7) is -2.76. The van der Waals surface area contributed by atoms with Crippen molar-refractivity contribution in [1.29, 1.82) is 0 Å². The molecule has 0 aromatic carbocycles. The molecule has 30 unspecified atom stereocenters. The zero-order valence-corrected chi connectivity index (χ0v) is 52.5. The molecule has 4 saturated carbocycles. The van der Waals surface area contributed by atoms with Gasteiger partial charge in [-0.1, -0.05) is 12.2 Å². The summed E-state index contributed by atoms with van der Waals surface area (Å²) in [5, 5.41) is 173.